The number of nitrogens with two attached hydrogens (primary N) is 1. The highest BCUT2D eigenvalue weighted by molar-refractivity contribution is 5.96. The first-order valence-electron chi connectivity index (χ1n) is 8.58. The van der Waals surface area contributed by atoms with Gasteiger partial charge in [-0.2, -0.15) is 0 Å². The van der Waals surface area contributed by atoms with E-state index in [1.807, 2.05) is 24.0 Å². The molecule has 3 rings (SSSR count). The first kappa shape index (κ1) is 17.1. The summed E-state index contributed by atoms with van der Waals surface area (Å²) in [5.41, 5.74) is 7.19. The third kappa shape index (κ3) is 3.84. The molecule has 1 atom stereocenters. The molecule has 1 aliphatic heterocycles. The van der Waals surface area contributed by atoms with Crippen LogP contribution in [-0.4, -0.2) is 23.4 Å². The average molecular weight is 341 g/mol. The maximum Gasteiger partial charge on any atom is 0.322 e. The lowest BCUT2D eigenvalue weighted by atomic mass is 10.1. The Bertz CT molecular complexity index is 755. The fourth-order valence-electron chi connectivity index (χ4n) is 3.23. The summed E-state index contributed by atoms with van der Waals surface area (Å²) >= 11 is 0. The quantitative estimate of drug-likeness (QED) is 0.889. The highest BCUT2D eigenvalue weighted by Crippen LogP contribution is 2.31. The molecular formula is C19H23N3O3. The lowest BCUT2D eigenvalue weighted by Crippen LogP contribution is -2.38. The summed E-state index contributed by atoms with van der Waals surface area (Å²) in [6.07, 6.45) is 5.63. The van der Waals surface area contributed by atoms with Crippen molar-refractivity contribution in [3.63, 3.8) is 0 Å². The van der Waals surface area contributed by atoms with Gasteiger partial charge in [-0.05, 0) is 49.6 Å². The van der Waals surface area contributed by atoms with Crippen molar-refractivity contribution in [2.75, 3.05) is 11.9 Å². The number of urea groups is 1. The van der Waals surface area contributed by atoms with Gasteiger partial charge in [0.1, 0.15) is 5.76 Å². The van der Waals surface area contributed by atoms with Crippen molar-refractivity contribution in [1.29, 1.82) is 0 Å². The van der Waals surface area contributed by atoms with Gasteiger partial charge in [0.25, 0.3) is 0 Å². The van der Waals surface area contributed by atoms with Crippen molar-refractivity contribution in [2.24, 2.45) is 5.73 Å². The minimum absolute atomic E-state index is 0.0721. The van der Waals surface area contributed by atoms with Gasteiger partial charge in [-0.1, -0.05) is 18.9 Å². The van der Waals surface area contributed by atoms with E-state index in [-0.39, 0.29) is 12.1 Å². The number of aryl methyl sites for hydroxylation is 1. The number of nitrogens with one attached hydrogen (secondary N) is 1. The molecule has 0 spiro atoms. The van der Waals surface area contributed by atoms with E-state index in [0.717, 1.165) is 37.0 Å². The van der Waals surface area contributed by atoms with Gasteiger partial charge in [-0.15, -0.1) is 0 Å². The van der Waals surface area contributed by atoms with E-state index in [9.17, 15) is 9.59 Å². The van der Waals surface area contributed by atoms with Gasteiger partial charge in [0.2, 0.25) is 5.91 Å². The van der Waals surface area contributed by atoms with Gasteiger partial charge < -0.3 is 20.4 Å². The van der Waals surface area contributed by atoms with Crippen molar-refractivity contribution in [2.45, 2.75) is 38.6 Å². The van der Waals surface area contributed by atoms with Gasteiger partial charge in [0, 0.05) is 17.8 Å². The molecule has 3 N–H and O–H groups in total. The zero-order valence-corrected chi connectivity index (χ0v) is 14.3. The van der Waals surface area contributed by atoms with Gasteiger partial charge in [-0.3, -0.25) is 4.79 Å². The topological polar surface area (TPSA) is 88.6 Å². The van der Waals surface area contributed by atoms with Crippen LogP contribution in [0.2, 0.25) is 0 Å². The number of likely N-dealkylation sites (tertiary alicyclic amines) is 1. The second-order valence-electron chi connectivity index (χ2n) is 6.40. The van der Waals surface area contributed by atoms with Crippen LogP contribution >= 0.6 is 0 Å². The van der Waals surface area contributed by atoms with Crippen LogP contribution in [0.4, 0.5) is 10.5 Å². The molecule has 3 amide bonds. The Balaban J connectivity index is 1.83. The van der Waals surface area contributed by atoms with Crippen molar-refractivity contribution in [3.8, 4) is 0 Å². The van der Waals surface area contributed by atoms with Crippen LogP contribution in [-0.2, 0) is 0 Å². The summed E-state index contributed by atoms with van der Waals surface area (Å²) in [7, 11) is 0. The molecule has 2 heterocycles. The Hall–Kier alpha value is -2.76. The van der Waals surface area contributed by atoms with Gasteiger partial charge >= 0.3 is 6.03 Å². The summed E-state index contributed by atoms with van der Waals surface area (Å²) in [5, 5.41) is 2.93. The summed E-state index contributed by atoms with van der Waals surface area (Å²) in [6.45, 7) is 2.55. The molecule has 1 fully saturated rings. The molecule has 1 saturated heterocycles. The Kier molecular flexibility index (Phi) is 5.07. The zero-order chi connectivity index (χ0) is 17.8. The molecule has 6 nitrogen and oxygen atoms in total. The van der Waals surface area contributed by atoms with Crippen LogP contribution in [0.3, 0.4) is 0 Å². The number of amides is 3. The minimum Gasteiger partial charge on any atom is -0.467 e. The van der Waals surface area contributed by atoms with E-state index in [0.29, 0.717) is 17.8 Å². The fourth-order valence-corrected chi connectivity index (χ4v) is 3.23. The lowest BCUT2D eigenvalue weighted by Gasteiger charge is -2.29. The fraction of sp³-hybridized carbons (Fsp3) is 0.368. The molecule has 132 valence electrons. The van der Waals surface area contributed by atoms with Crippen molar-refractivity contribution >= 4 is 17.6 Å². The number of nitrogens with zero attached hydrogens (tertiary/aromatic N) is 1. The van der Waals surface area contributed by atoms with Gasteiger partial charge in [-0.25, -0.2) is 4.79 Å². The van der Waals surface area contributed by atoms with Crippen LogP contribution in [0, 0.1) is 6.92 Å². The number of carbonyl (C=O) groups excluding carboxylic acids is 2. The van der Waals surface area contributed by atoms with Crippen molar-refractivity contribution < 1.29 is 14.0 Å². The largest absolute Gasteiger partial charge is 0.467 e. The van der Waals surface area contributed by atoms with Crippen LogP contribution in [0.1, 0.15) is 53.4 Å². The number of rotatable bonds is 3. The summed E-state index contributed by atoms with van der Waals surface area (Å²) in [6, 6.07) is 8.55. The molecule has 0 unspecified atom stereocenters. The molecule has 0 bridgehead atoms. The van der Waals surface area contributed by atoms with Crippen molar-refractivity contribution in [1.82, 2.24) is 4.90 Å². The molecule has 1 aromatic heterocycles. The van der Waals surface area contributed by atoms with Gasteiger partial charge in [0.15, 0.2) is 0 Å². The van der Waals surface area contributed by atoms with E-state index in [4.69, 9.17) is 10.2 Å². The van der Waals surface area contributed by atoms with Crippen LogP contribution in [0.15, 0.2) is 41.0 Å². The standard InChI is InChI=1S/C19H23N3O3/c1-13-8-9-14(18(20)23)12-15(13)21-19(24)22-10-4-2-3-6-16(22)17-7-5-11-25-17/h5,7-9,11-12,16H,2-4,6,10H2,1H3,(H2,20,23)(H,21,24)/t16-/m0/s1. The second kappa shape index (κ2) is 7.42. The van der Waals surface area contributed by atoms with E-state index in [1.54, 1.807) is 24.5 Å². The molecular weight excluding hydrogens is 318 g/mol. The zero-order valence-electron chi connectivity index (χ0n) is 14.3. The van der Waals surface area contributed by atoms with E-state index in [1.165, 1.54) is 0 Å². The van der Waals surface area contributed by atoms with E-state index >= 15 is 0 Å². The van der Waals surface area contributed by atoms with E-state index < -0.39 is 5.91 Å². The monoisotopic (exact) mass is 341 g/mol. The number of hydrogen-bond acceptors (Lipinski definition) is 3. The highest BCUT2D eigenvalue weighted by Gasteiger charge is 2.28. The molecule has 1 aromatic carbocycles. The molecule has 6 heteroatoms. The molecule has 0 saturated carbocycles. The number of benzene rings is 1. The smallest absolute Gasteiger partial charge is 0.322 e. The third-order valence-electron chi connectivity index (χ3n) is 4.65. The Morgan fingerprint density at radius 1 is 1.24 bits per heavy atom. The minimum atomic E-state index is -0.515. The third-order valence-corrected chi connectivity index (χ3v) is 4.65. The van der Waals surface area contributed by atoms with Crippen LogP contribution in [0.5, 0.6) is 0 Å². The first-order chi connectivity index (χ1) is 12.1. The SMILES string of the molecule is Cc1ccc(C(N)=O)cc1NC(=O)N1CCCCC[C@H]1c1ccco1. The Morgan fingerprint density at radius 3 is 2.80 bits per heavy atom. The van der Waals surface area contributed by atoms with Crippen LogP contribution in [0.25, 0.3) is 0 Å². The summed E-state index contributed by atoms with van der Waals surface area (Å²) in [5.74, 6) is 0.290. The number of anilines is 1. The average Bonchev–Trinajstić information content (AvgIpc) is 3.00. The maximum atomic E-state index is 12.9. The van der Waals surface area contributed by atoms with Crippen molar-refractivity contribution in [3.05, 3.63) is 53.5 Å². The van der Waals surface area contributed by atoms with E-state index in [2.05, 4.69) is 5.32 Å². The summed E-state index contributed by atoms with van der Waals surface area (Å²) < 4.78 is 5.55. The predicted molar refractivity (Wildman–Crippen MR) is 95.3 cm³/mol. The number of furan rings is 1. The number of carbonyl (C=O) groups is 2. The molecule has 0 radical (unpaired) electrons. The highest BCUT2D eigenvalue weighted by atomic mass is 16.3. The lowest BCUT2D eigenvalue weighted by molar-refractivity contribution is 0.1000. The Morgan fingerprint density at radius 2 is 2.08 bits per heavy atom. The Labute approximate surface area is 147 Å². The first-order valence-corrected chi connectivity index (χ1v) is 8.58. The second-order valence-corrected chi connectivity index (χ2v) is 6.40. The predicted octanol–water partition coefficient (Wildman–Crippen LogP) is 3.84. The van der Waals surface area contributed by atoms with Crippen LogP contribution < -0.4 is 11.1 Å². The molecule has 1 aliphatic rings. The maximum absolute atomic E-state index is 12.9. The molecule has 2 aromatic rings. The normalized spacial score (nSPS) is 17.8. The van der Waals surface area contributed by atoms with Gasteiger partial charge in [0.05, 0.1) is 12.3 Å². The molecule has 25 heavy (non-hydrogen) atoms. The number of hydrogen-bond donors (Lipinski definition) is 2. The summed E-state index contributed by atoms with van der Waals surface area (Å²) in [4.78, 5) is 26.1. The molecule has 0 aliphatic carbocycles. The number of primary amides is 1.